The average Bonchev–Trinajstić information content (AvgIpc) is 2.23. The molecule has 0 radical (unpaired) electrons. The van der Waals surface area contributed by atoms with E-state index in [9.17, 15) is 14.4 Å². The molecule has 1 aromatic rings. The fourth-order valence-electron chi connectivity index (χ4n) is 3.19. The largest absolute Gasteiger partial charge is 0.491 e. The van der Waals surface area contributed by atoms with E-state index in [-0.39, 0.29) is 16.3 Å². The second-order valence-corrected chi connectivity index (χ2v) is 6.99. The first-order valence-corrected chi connectivity index (χ1v) is 6.78. The predicted octanol–water partition coefficient (Wildman–Crippen LogP) is 2.16. The van der Waals surface area contributed by atoms with Gasteiger partial charge in [-0.25, -0.2) is 4.39 Å². The van der Waals surface area contributed by atoms with Crippen molar-refractivity contribution in [3.05, 3.63) is 28.6 Å². The fourth-order valence-corrected chi connectivity index (χ4v) is 3.19. The zero-order valence-electron chi connectivity index (χ0n) is 12.3. The number of hydrogen-bond donors (Lipinski definition) is 2. The quantitative estimate of drug-likeness (QED) is 0.763. The molecule has 0 heterocycles. The molecular formula is C15H22BFO2. The Morgan fingerprint density at radius 3 is 2.16 bits per heavy atom. The van der Waals surface area contributed by atoms with E-state index >= 15 is 0 Å². The summed E-state index contributed by atoms with van der Waals surface area (Å²) in [5, 5.41) is 18.8. The van der Waals surface area contributed by atoms with Gasteiger partial charge in [-0.05, 0) is 47.3 Å². The molecule has 4 heteroatoms. The zero-order valence-corrected chi connectivity index (χ0v) is 12.3. The maximum atomic E-state index is 14.8. The van der Waals surface area contributed by atoms with Gasteiger partial charge in [0.15, 0.2) is 0 Å². The monoisotopic (exact) mass is 264 g/mol. The van der Waals surface area contributed by atoms with Crippen LogP contribution in [-0.4, -0.2) is 17.2 Å². The van der Waals surface area contributed by atoms with Gasteiger partial charge in [0.1, 0.15) is 5.82 Å². The number of fused-ring (bicyclic) bond motifs is 1. The van der Waals surface area contributed by atoms with E-state index in [1.165, 1.54) is 0 Å². The predicted molar refractivity (Wildman–Crippen MR) is 76.2 cm³/mol. The molecule has 0 amide bonds. The molecule has 104 valence electrons. The molecule has 0 fully saturated rings. The lowest BCUT2D eigenvalue weighted by molar-refractivity contribution is 0.319. The number of hydrogen-bond acceptors (Lipinski definition) is 2. The summed E-state index contributed by atoms with van der Waals surface area (Å²) < 4.78 is 14.8. The van der Waals surface area contributed by atoms with Gasteiger partial charge in [0, 0.05) is 5.46 Å². The van der Waals surface area contributed by atoms with Crippen LogP contribution in [0.5, 0.6) is 0 Å². The maximum absolute atomic E-state index is 14.8. The summed E-state index contributed by atoms with van der Waals surface area (Å²) >= 11 is 0. The Balaban J connectivity index is 2.82. The first-order valence-electron chi connectivity index (χ1n) is 6.78. The molecular weight excluding hydrogens is 242 g/mol. The summed E-state index contributed by atoms with van der Waals surface area (Å²) in [4.78, 5) is 0. The first-order chi connectivity index (χ1) is 8.58. The van der Waals surface area contributed by atoms with Crippen molar-refractivity contribution in [1.29, 1.82) is 0 Å². The van der Waals surface area contributed by atoms with Crippen LogP contribution in [0.1, 0.15) is 57.2 Å². The lowest BCUT2D eigenvalue weighted by Gasteiger charge is -2.42. The molecule has 0 unspecified atom stereocenters. The summed E-state index contributed by atoms with van der Waals surface area (Å²) in [5.41, 5.74) is 1.93. The molecule has 1 aromatic carbocycles. The maximum Gasteiger partial charge on any atom is 0.491 e. The topological polar surface area (TPSA) is 40.5 Å². The fraction of sp³-hybridized carbons (Fsp3) is 0.600. The van der Waals surface area contributed by atoms with E-state index in [1.807, 2.05) is 19.9 Å². The van der Waals surface area contributed by atoms with Crippen LogP contribution in [0.15, 0.2) is 6.07 Å². The van der Waals surface area contributed by atoms with Gasteiger partial charge in [0.05, 0.1) is 0 Å². The normalized spacial score (nSPS) is 20.0. The first kappa shape index (κ1) is 14.5. The number of halogens is 1. The van der Waals surface area contributed by atoms with E-state index in [2.05, 4.69) is 13.8 Å². The van der Waals surface area contributed by atoms with Crippen LogP contribution in [0.2, 0.25) is 0 Å². The van der Waals surface area contributed by atoms with Crippen LogP contribution >= 0.6 is 0 Å². The molecule has 1 aliphatic carbocycles. The van der Waals surface area contributed by atoms with Gasteiger partial charge < -0.3 is 10.0 Å². The van der Waals surface area contributed by atoms with Gasteiger partial charge in [0.2, 0.25) is 0 Å². The van der Waals surface area contributed by atoms with Crippen molar-refractivity contribution in [2.24, 2.45) is 0 Å². The summed E-state index contributed by atoms with van der Waals surface area (Å²) in [6, 6.07) is 1.92. The van der Waals surface area contributed by atoms with Gasteiger partial charge >= 0.3 is 7.12 Å². The smallest absolute Gasteiger partial charge is 0.423 e. The minimum absolute atomic E-state index is 0.0181. The molecule has 2 N–H and O–H groups in total. The van der Waals surface area contributed by atoms with Crippen LogP contribution in [0, 0.1) is 12.7 Å². The van der Waals surface area contributed by atoms with Gasteiger partial charge in [-0.2, -0.15) is 0 Å². The standard InChI is InChI=1S/C15H22BFO2/c1-9-8-10-11(13(17)12(9)16(18)19)15(4,5)7-6-14(10,2)3/h8,18-19H,6-7H2,1-5H3. The van der Waals surface area contributed by atoms with Gasteiger partial charge in [-0.3, -0.25) is 0 Å². The molecule has 0 aromatic heterocycles. The molecule has 0 saturated carbocycles. The van der Waals surface area contributed by atoms with Crippen molar-refractivity contribution >= 4 is 12.6 Å². The number of benzene rings is 1. The van der Waals surface area contributed by atoms with E-state index in [0.717, 1.165) is 18.4 Å². The molecule has 0 atom stereocenters. The molecule has 2 rings (SSSR count). The molecule has 19 heavy (non-hydrogen) atoms. The molecule has 2 nitrogen and oxygen atoms in total. The third-order valence-electron chi connectivity index (χ3n) is 4.55. The molecule has 0 bridgehead atoms. The highest BCUT2D eigenvalue weighted by atomic mass is 19.1. The third-order valence-corrected chi connectivity index (χ3v) is 4.55. The van der Waals surface area contributed by atoms with E-state index in [4.69, 9.17) is 0 Å². The third kappa shape index (κ3) is 2.21. The Kier molecular flexibility index (Phi) is 3.31. The highest BCUT2D eigenvalue weighted by Gasteiger charge is 2.41. The summed E-state index contributed by atoms with van der Waals surface area (Å²) in [7, 11) is -1.76. The minimum atomic E-state index is -1.76. The summed E-state index contributed by atoms with van der Waals surface area (Å²) in [6.45, 7) is 10.0. The Morgan fingerprint density at radius 1 is 1.11 bits per heavy atom. The number of rotatable bonds is 1. The van der Waals surface area contributed by atoms with Crippen molar-refractivity contribution in [3.63, 3.8) is 0 Å². The van der Waals surface area contributed by atoms with Crippen molar-refractivity contribution in [3.8, 4) is 0 Å². The molecule has 1 aliphatic rings. The SMILES string of the molecule is Cc1cc2c(c(F)c1B(O)O)C(C)(C)CCC2(C)C. The van der Waals surface area contributed by atoms with E-state index in [1.54, 1.807) is 6.92 Å². The van der Waals surface area contributed by atoms with Crippen molar-refractivity contribution in [2.45, 2.75) is 58.3 Å². The van der Waals surface area contributed by atoms with Crippen LogP contribution < -0.4 is 5.46 Å². The Hall–Kier alpha value is -0.865. The molecule has 0 aliphatic heterocycles. The summed E-state index contributed by atoms with van der Waals surface area (Å²) in [5.74, 6) is -0.442. The van der Waals surface area contributed by atoms with Gasteiger partial charge in [-0.15, -0.1) is 0 Å². The average molecular weight is 264 g/mol. The van der Waals surface area contributed by atoms with Crippen LogP contribution in [-0.2, 0) is 10.8 Å². The second-order valence-electron chi connectivity index (χ2n) is 6.99. The van der Waals surface area contributed by atoms with Crippen LogP contribution in [0.3, 0.4) is 0 Å². The Morgan fingerprint density at radius 2 is 1.63 bits per heavy atom. The van der Waals surface area contributed by atoms with Gasteiger partial charge in [0.25, 0.3) is 0 Å². The second kappa shape index (κ2) is 4.32. The highest BCUT2D eigenvalue weighted by Crippen LogP contribution is 2.46. The van der Waals surface area contributed by atoms with E-state index < -0.39 is 12.9 Å². The Bertz CT molecular complexity index is 521. The van der Waals surface area contributed by atoms with E-state index in [0.29, 0.717) is 11.1 Å². The zero-order chi connectivity index (χ0) is 14.6. The van der Waals surface area contributed by atoms with Crippen molar-refractivity contribution < 1.29 is 14.4 Å². The van der Waals surface area contributed by atoms with Crippen molar-refractivity contribution in [2.75, 3.05) is 0 Å². The highest BCUT2D eigenvalue weighted by molar-refractivity contribution is 6.59. The molecule has 0 saturated heterocycles. The lowest BCUT2D eigenvalue weighted by Crippen LogP contribution is -2.42. The minimum Gasteiger partial charge on any atom is -0.423 e. The Labute approximate surface area is 114 Å². The molecule has 0 spiro atoms. The number of aryl methyl sites for hydroxylation is 1. The lowest BCUT2D eigenvalue weighted by atomic mass is 9.60. The van der Waals surface area contributed by atoms with Crippen LogP contribution in [0.25, 0.3) is 0 Å². The summed E-state index contributed by atoms with van der Waals surface area (Å²) in [6.07, 6.45) is 1.90. The van der Waals surface area contributed by atoms with Crippen molar-refractivity contribution in [1.82, 2.24) is 0 Å². The van der Waals surface area contributed by atoms with Crippen LogP contribution in [0.4, 0.5) is 4.39 Å². The van der Waals surface area contributed by atoms with Gasteiger partial charge in [-0.1, -0.05) is 33.8 Å².